The van der Waals surface area contributed by atoms with E-state index in [-0.39, 0.29) is 18.4 Å². The fourth-order valence-electron chi connectivity index (χ4n) is 8.98. The third-order valence-electron chi connectivity index (χ3n) is 11.7. The van der Waals surface area contributed by atoms with Crippen LogP contribution in [0.5, 0.6) is 6.01 Å². The monoisotopic (exact) mass is 671 g/mol. The van der Waals surface area contributed by atoms with Gasteiger partial charge in [0.05, 0.1) is 36.9 Å². The highest BCUT2D eigenvalue weighted by atomic mass is 16.5. The number of amides is 1. The van der Waals surface area contributed by atoms with Gasteiger partial charge in [-0.2, -0.15) is 15.2 Å². The summed E-state index contributed by atoms with van der Waals surface area (Å²) in [6.07, 6.45) is 5.00. The van der Waals surface area contributed by atoms with Gasteiger partial charge in [0.2, 0.25) is 0 Å². The number of fused-ring (bicyclic) bond motifs is 2. The molecule has 10 nitrogen and oxygen atoms in total. The van der Waals surface area contributed by atoms with Crippen LogP contribution < -0.4 is 14.5 Å². The highest BCUT2D eigenvalue weighted by Crippen LogP contribution is 2.53. The zero-order valence-electron chi connectivity index (χ0n) is 28.8. The standard InChI is InChI=1S/C40H45N7O3/c1-44-21-8-15-35(44)39(17-18-39)28-50-37-42-33-26-45(34-14-7-12-30-11-5-6-13-31(30)34)22-16-32(33)36(43-37)46-23-24-47(38(48)49)40(27-46,19-20-41)25-29-9-3-2-4-10-29/h2-7,9-14,35H,8,15-19,21-28H2,1H3,(H,48,49)/t35-,40+/m0/s1. The molecular formula is C40H45N7O3. The van der Waals surface area contributed by atoms with E-state index in [1.165, 1.54) is 34.2 Å². The van der Waals surface area contributed by atoms with Crippen molar-refractivity contribution in [3.8, 4) is 12.1 Å². The van der Waals surface area contributed by atoms with Crippen LogP contribution in [0.25, 0.3) is 10.8 Å². The molecule has 4 heterocycles. The Balaban J connectivity index is 1.16. The molecule has 1 aliphatic carbocycles. The second kappa shape index (κ2) is 13.1. The van der Waals surface area contributed by atoms with Crippen molar-refractivity contribution in [3.63, 3.8) is 0 Å². The molecule has 1 N–H and O–H groups in total. The number of nitriles is 1. The molecule has 0 unspecified atom stereocenters. The molecule has 3 aliphatic heterocycles. The Morgan fingerprint density at radius 2 is 1.78 bits per heavy atom. The first-order valence-corrected chi connectivity index (χ1v) is 18.0. The van der Waals surface area contributed by atoms with Crippen LogP contribution in [0.4, 0.5) is 16.3 Å². The summed E-state index contributed by atoms with van der Waals surface area (Å²) in [5.41, 5.74) is 3.42. The zero-order chi connectivity index (χ0) is 34.3. The number of aromatic nitrogens is 2. The molecule has 10 heteroatoms. The summed E-state index contributed by atoms with van der Waals surface area (Å²) >= 11 is 0. The average Bonchev–Trinajstić information content (AvgIpc) is 3.80. The number of ether oxygens (including phenoxy) is 1. The Kier molecular flexibility index (Phi) is 8.47. The van der Waals surface area contributed by atoms with E-state index in [0.29, 0.717) is 44.7 Å². The molecule has 0 spiro atoms. The van der Waals surface area contributed by atoms with Crippen molar-refractivity contribution >= 4 is 28.4 Å². The maximum Gasteiger partial charge on any atom is 0.407 e. The summed E-state index contributed by atoms with van der Waals surface area (Å²) in [6, 6.07) is 28.1. The van der Waals surface area contributed by atoms with Gasteiger partial charge in [0.1, 0.15) is 5.82 Å². The summed E-state index contributed by atoms with van der Waals surface area (Å²) in [4.78, 5) is 31.5. The number of carboxylic acid groups (broad SMARTS) is 1. The maximum atomic E-state index is 12.7. The van der Waals surface area contributed by atoms with Gasteiger partial charge in [-0.15, -0.1) is 0 Å². The highest BCUT2D eigenvalue weighted by molar-refractivity contribution is 5.94. The quantitative estimate of drug-likeness (QED) is 0.224. The van der Waals surface area contributed by atoms with Crippen LogP contribution in [-0.2, 0) is 19.4 Å². The van der Waals surface area contributed by atoms with Gasteiger partial charge in [0.25, 0.3) is 0 Å². The molecule has 0 radical (unpaired) electrons. The number of rotatable bonds is 9. The molecule has 2 saturated heterocycles. The van der Waals surface area contributed by atoms with E-state index in [2.05, 4.69) is 70.3 Å². The minimum absolute atomic E-state index is 0.0770. The number of likely N-dealkylation sites (tertiary alicyclic amines) is 1. The van der Waals surface area contributed by atoms with Crippen molar-refractivity contribution in [2.24, 2.45) is 5.41 Å². The van der Waals surface area contributed by atoms with Crippen molar-refractivity contribution < 1.29 is 14.6 Å². The highest BCUT2D eigenvalue weighted by Gasteiger charge is 2.53. The molecule has 1 amide bonds. The lowest BCUT2D eigenvalue weighted by molar-refractivity contribution is 0.0668. The first-order valence-electron chi connectivity index (χ1n) is 18.0. The Morgan fingerprint density at radius 3 is 2.54 bits per heavy atom. The molecular weight excluding hydrogens is 626 g/mol. The molecule has 258 valence electrons. The van der Waals surface area contributed by atoms with Crippen molar-refractivity contribution in [2.75, 3.05) is 56.2 Å². The summed E-state index contributed by atoms with van der Waals surface area (Å²) < 4.78 is 6.61. The zero-order valence-corrected chi connectivity index (χ0v) is 28.8. The Bertz CT molecular complexity index is 1920. The fraction of sp³-hybridized carbons (Fsp3) is 0.450. The lowest BCUT2D eigenvalue weighted by atomic mass is 9.83. The number of carbonyl (C=O) groups is 1. The van der Waals surface area contributed by atoms with E-state index in [1.54, 1.807) is 0 Å². The number of nitrogens with zero attached hydrogens (tertiary/aromatic N) is 7. The van der Waals surface area contributed by atoms with Gasteiger partial charge in [-0.25, -0.2) is 4.79 Å². The predicted octanol–water partition coefficient (Wildman–Crippen LogP) is 6.14. The molecule has 1 aromatic heterocycles. The molecule has 4 aromatic rings. The summed E-state index contributed by atoms with van der Waals surface area (Å²) in [5.74, 6) is 0.811. The molecule has 0 bridgehead atoms. The molecule has 3 fully saturated rings. The van der Waals surface area contributed by atoms with Crippen LogP contribution in [0.3, 0.4) is 0 Å². The third-order valence-corrected chi connectivity index (χ3v) is 11.7. The summed E-state index contributed by atoms with van der Waals surface area (Å²) in [7, 11) is 2.23. The first kappa shape index (κ1) is 32.3. The Labute approximate surface area is 293 Å². The fourth-order valence-corrected chi connectivity index (χ4v) is 8.98. The van der Waals surface area contributed by atoms with Crippen molar-refractivity contribution in [1.82, 2.24) is 19.8 Å². The van der Waals surface area contributed by atoms with Gasteiger partial charge >= 0.3 is 12.1 Å². The van der Waals surface area contributed by atoms with Crippen LogP contribution in [0.2, 0.25) is 0 Å². The van der Waals surface area contributed by atoms with Gasteiger partial charge in [0.15, 0.2) is 0 Å². The second-order valence-corrected chi connectivity index (χ2v) is 14.8. The molecule has 3 aromatic carbocycles. The van der Waals surface area contributed by atoms with Gasteiger partial charge in [-0.3, -0.25) is 4.90 Å². The van der Waals surface area contributed by atoms with E-state index in [1.807, 2.05) is 30.3 Å². The molecule has 50 heavy (non-hydrogen) atoms. The van der Waals surface area contributed by atoms with E-state index < -0.39 is 11.6 Å². The average molecular weight is 672 g/mol. The third kappa shape index (κ3) is 5.98. The van der Waals surface area contributed by atoms with Crippen LogP contribution in [0, 0.1) is 16.7 Å². The van der Waals surface area contributed by atoms with E-state index in [4.69, 9.17) is 14.7 Å². The number of benzene rings is 3. The Morgan fingerprint density at radius 1 is 0.980 bits per heavy atom. The van der Waals surface area contributed by atoms with Crippen molar-refractivity contribution in [1.29, 1.82) is 5.26 Å². The predicted molar refractivity (Wildman–Crippen MR) is 194 cm³/mol. The maximum absolute atomic E-state index is 12.7. The van der Waals surface area contributed by atoms with Gasteiger partial charge in [-0.05, 0) is 69.1 Å². The molecule has 2 atom stereocenters. The summed E-state index contributed by atoms with van der Waals surface area (Å²) in [5, 5.41) is 22.9. The largest absolute Gasteiger partial charge is 0.465 e. The number of anilines is 2. The lowest BCUT2D eigenvalue weighted by Gasteiger charge is -2.49. The topological polar surface area (TPSA) is 109 Å². The van der Waals surface area contributed by atoms with Crippen molar-refractivity contribution in [2.45, 2.75) is 63.1 Å². The van der Waals surface area contributed by atoms with E-state index in [9.17, 15) is 15.2 Å². The number of hydrogen-bond acceptors (Lipinski definition) is 8. The normalized spacial score (nSPS) is 23.0. The van der Waals surface area contributed by atoms with Gasteiger partial charge in [-0.1, -0.05) is 66.7 Å². The minimum Gasteiger partial charge on any atom is -0.465 e. The van der Waals surface area contributed by atoms with E-state index in [0.717, 1.165) is 55.0 Å². The van der Waals surface area contributed by atoms with Gasteiger partial charge < -0.3 is 24.5 Å². The van der Waals surface area contributed by atoms with Crippen molar-refractivity contribution in [3.05, 3.63) is 89.6 Å². The van der Waals surface area contributed by atoms with Crippen LogP contribution in [0.15, 0.2) is 72.8 Å². The van der Waals surface area contributed by atoms with Gasteiger partial charge in [0, 0.05) is 54.3 Å². The number of hydrogen-bond donors (Lipinski definition) is 1. The first-order chi connectivity index (χ1) is 24.4. The minimum atomic E-state index is -0.998. The SMILES string of the molecule is CN1CCC[C@H]1C1(COc2nc3c(c(N4CCN(C(=O)O)[C@](CC#N)(Cc5ccccc5)C4)n2)CCN(c2cccc4ccccc24)C3)CC1. The number of piperazine rings is 1. The van der Waals surface area contributed by atoms with E-state index >= 15 is 0 Å². The Hall–Kier alpha value is -4.88. The van der Waals surface area contributed by atoms with Crippen LogP contribution in [0.1, 0.15) is 48.9 Å². The molecule has 8 rings (SSSR count). The molecule has 1 saturated carbocycles. The molecule has 4 aliphatic rings. The second-order valence-electron chi connectivity index (χ2n) is 14.8. The smallest absolute Gasteiger partial charge is 0.407 e. The summed E-state index contributed by atoms with van der Waals surface area (Å²) in [6.45, 7) is 4.25. The van der Waals surface area contributed by atoms with Crippen LogP contribution >= 0.6 is 0 Å². The van der Waals surface area contributed by atoms with Crippen LogP contribution in [-0.4, -0.2) is 88.9 Å². The lowest BCUT2D eigenvalue weighted by Crippen LogP contribution is -2.65.